The van der Waals surface area contributed by atoms with Crippen molar-refractivity contribution in [1.82, 2.24) is 19.5 Å². The average molecular weight is 344 g/mol. The van der Waals surface area contributed by atoms with E-state index in [0.717, 1.165) is 15.4 Å². The van der Waals surface area contributed by atoms with Crippen LogP contribution in [0.15, 0.2) is 24.5 Å². The van der Waals surface area contributed by atoms with E-state index in [4.69, 9.17) is 16.2 Å². The topological polar surface area (TPSA) is 122 Å². The second-order valence-corrected chi connectivity index (χ2v) is 6.30. The fraction of sp³-hybridized carbons (Fsp3) is 0.200. The lowest BCUT2D eigenvalue weighted by Crippen LogP contribution is -2.12. The molecule has 0 radical (unpaired) electrons. The van der Waals surface area contributed by atoms with Gasteiger partial charge in [0, 0.05) is 17.3 Å². The molecule has 0 spiro atoms. The van der Waals surface area contributed by atoms with Gasteiger partial charge in [-0.05, 0) is 31.5 Å². The molecule has 3 heterocycles. The van der Waals surface area contributed by atoms with Crippen LogP contribution in [0.3, 0.4) is 0 Å². The largest absolute Gasteiger partial charge is 0.454 e. The maximum absolute atomic E-state index is 12.6. The van der Waals surface area contributed by atoms with Gasteiger partial charge in [0.2, 0.25) is 11.9 Å². The number of nitrogen functional groups attached to an aromatic ring is 2. The third-order valence-corrected chi connectivity index (χ3v) is 4.68. The van der Waals surface area contributed by atoms with Gasteiger partial charge in [-0.3, -0.25) is 0 Å². The summed E-state index contributed by atoms with van der Waals surface area (Å²) in [7, 11) is 0. The third kappa shape index (κ3) is 3.06. The van der Waals surface area contributed by atoms with E-state index in [0.29, 0.717) is 5.56 Å². The number of nitrogens with two attached hydrogens (primary N) is 2. The molecule has 0 aromatic carbocycles. The second kappa shape index (κ2) is 6.28. The number of aromatic nitrogens is 4. The summed E-state index contributed by atoms with van der Waals surface area (Å²) in [6.07, 6.45) is 3.77. The monoisotopic (exact) mass is 344 g/mol. The second-order valence-electron chi connectivity index (χ2n) is 5.10. The van der Waals surface area contributed by atoms with Crippen molar-refractivity contribution in [3.05, 3.63) is 46.4 Å². The molecule has 0 fully saturated rings. The highest BCUT2D eigenvalue weighted by molar-refractivity contribution is 7.15. The van der Waals surface area contributed by atoms with E-state index in [-0.39, 0.29) is 24.3 Å². The molecule has 0 aliphatic rings. The molecule has 0 atom stereocenters. The molecular weight excluding hydrogens is 328 g/mol. The highest BCUT2D eigenvalue weighted by Gasteiger charge is 2.22. The maximum Gasteiger partial charge on any atom is 0.341 e. The number of rotatable bonds is 4. The van der Waals surface area contributed by atoms with Crippen molar-refractivity contribution in [2.24, 2.45) is 0 Å². The van der Waals surface area contributed by atoms with E-state index in [1.54, 1.807) is 0 Å². The van der Waals surface area contributed by atoms with E-state index in [9.17, 15) is 4.79 Å². The van der Waals surface area contributed by atoms with Gasteiger partial charge < -0.3 is 20.8 Å². The highest BCUT2D eigenvalue weighted by Crippen LogP contribution is 2.31. The highest BCUT2D eigenvalue weighted by atomic mass is 32.1. The van der Waals surface area contributed by atoms with Crippen LogP contribution in [0, 0.1) is 13.8 Å². The number of ether oxygens (including phenoxy) is 1. The van der Waals surface area contributed by atoms with E-state index in [2.05, 4.69) is 15.0 Å². The van der Waals surface area contributed by atoms with Crippen molar-refractivity contribution >= 4 is 29.2 Å². The van der Waals surface area contributed by atoms with Crippen molar-refractivity contribution in [2.75, 3.05) is 11.5 Å². The standard InChI is InChI=1S/C15H16N6O2S/c1-8-9(2)24-12(21-5-3-4-6-21)11(8)13(22)23-7-10-18-14(16)20-15(17)19-10/h3-6H,7H2,1-2H3,(H4,16,17,18,19,20). The summed E-state index contributed by atoms with van der Waals surface area (Å²) in [5.74, 6) is -0.258. The first-order valence-electron chi connectivity index (χ1n) is 7.12. The van der Waals surface area contributed by atoms with Crippen molar-refractivity contribution in [3.63, 3.8) is 0 Å². The normalized spacial score (nSPS) is 10.8. The number of hydrogen-bond acceptors (Lipinski definition) is 8. The predicted molar refractivity (Wildman–Crippen MR) is 90.9 cm³/mol. The molecule has 3 aromatic heterocycles. The zero-order valence-corrected chi connectivity index (χ0v) is 14.0. The first-order valence-corrected chi connectivity index (χ1v) is 7.93. The first kappa shape index (κ1) is 15.9. The summed E-state index contributed by atoms with van der Waals surface area (Å²) >= 11 is 1.53. The van der Waals surface area contributed by atoms with Crippen LogP contribution in [0.2, 0.25) is 0 Å². The number of anilines is 2. The number of thiophene rings is 1. The Morgan fingerprint density at radius 1 is 1.17 bits per heavy atom. The molecule has 24 heavy (non-hydrogen) atoms. The minimum Gasteiger partial charge on any atom is -0.454 e. The molecular formula is C15H16N6O2S. The Kier molecular flexibility index (Phi) is 4.17. The molecule has 0 saturated carbocycles. The number of esters is 1. The lowest BCUT2D eigenvalue weighted by molar-refractivity contribution is 0.0462. The predicted octanol–water partition coefficient (Wildman–Crippen LogP) is 1.86. The van der Waals surface area contributed by atoms with Crippen LogP contribution >= 0.6 is 11.3 Å². The molecule has 9 heteroatoms. The molecule has 3 aromatic rings. The zero-order valence-electron chi connectivity index (χ0n) is 13.2. The minimum atomic E-state index is -0.446. The number of aryl methyl sites for hydroxylation is 1. The molecule has 3 rings (SSSR count). The van der Waals surface area contributed by atoms with E-state index in [1.165, 1.54) is 11.3 Å². The fourth-order valence-corrected chi connectivity index (χ4v) is 3.34. The summed E-state index contributed by atoms with van der Waals surface area (Å²) in [6.45, 7) is 3.74. The van der Waals surface area contributed by atoms with Gasteiger partial charge in [0.15, 0.2) is 12.4 Å². The SMILES string of the molecule is Cc1sc(-n2cccc2)c(C(=O)OCc2nc(N)nc(N)n2)c1C. The number of hydrogen-bond donors (Lipinski definition) is 2. The molecule has 0 aliphatic heterocycles. The molecule has 0 saturated heterocycles. The van der Waals surface area contributed by atoms with E-state index >= 15 is 0 Å². The number of carbonyl (C=O) groups is 1. The van der Waals surface area contributed by atoms with Gasteiger partial charge >= 0.3 is 5.97 Å². The Morgan fingerprint density at radius 2 is 1.79 bits per heavy atom. The molecule has 0 bridgehead atoms. The van der Waals surface area contributed by atoms with Gasteiger partial charge in [-0.15, -0.1) is 11.3 Å². The van der Waals surface area contributed by atoms with Crippen molar-refractivity contribution in [3.8, 4) is 5.00 Å². The van der Waals surface area contributed by atoms with Crippen molar-refractivity contribution < 1.29 is 9.53 Å². The van der Waals surface area contributed by atoms with Gasteiger partial charge in [0.25, 0.3) is 0 Å². The Bertz CT molecular complexity index is 868. The van der Waals surface area contributed by atoms with E-state index < -0.39 is 5.97 Å². The van der Waals surface area contributed by atoms with Crippen LogP contribution in [-0.4, -0.2) is 25.5 Å². The van der Waals surface area contributed by atoms with Crippen LogP contribution in [0.1, 0.15) is 26.6 Å². The molecule has 8 nitrogen and oxygen atoms in total. The van der Waals surface area contributed by atoms with Gasteiger partial charge in [-0.25, -0.2) is 4.79 Å². The van der Waals surface area contributed by atoms with Gasteiger partial charge in [0.1, 0.15) is 5.00 Å². The van der Waals surface area contributed by atoms with Crippen LogP contribution in [0.5, 0.6) is 0 Å². The summed E-state index contributed by atoms with van der Waals surface area (Å²) in [6, 6.07) is 3.80. The summed E-state index contributed by atoms with van der Waals surface area (Å²) in [4.78, 5) is 25.1. The van der Waals surface area contributed by atoms with Crippen molar-refractivity contribution in [2.45, 2.75) is 20.5 Å². The molecule has 0 unspecified atom stereocenters. The van der Waals surface area contributed by atoms with Crippen LogP contribution in [0.25, 0.3) is 5.00 Å². The van der Waals surface area contributed by atoms with Crippen molar-refractivity contribution in [1.29, 1.82) is 0 Å². The van der Waals surface area contributed by atoms with Gasteiger partial charge in [0.05, 0.1) is 5.56 Å². The Labute approximate surface area is 142 Å². The van der Waals surface area contributed by atoms with E-state index in [1.807, 2.05) is 42.9 Å². The Balaban J connectivity index is 1.85. The summed E-state index contributed by atoms with van der Waals surface area (Å²) in [5, 5.41) is 0.815. The summed E-state index contributed by atoms with van der Waals surface area (Å²) in [5.41, 5.74) is 12.4. The fourth-order valence-electron chi connectivity index (χ4n) is 2.22. The average Bonchev–Trinajstić information content (AvgIpc) is 3.13. The van der Waals surface area contributed by atoms with Gasteiger partial charge in [-0.1, -0.05) is 0 Å². The quantitative estimate of drug-likeness (QED) is 0.693. The molecule has 0 amide bonds. The lowest BCUT2D eigenvalue weighted by Gasteiger charge is -2.07. The Morgan fingerprint density at radius 3 is 2.42 bits per heavy atom. The third-order valence-electron chi connectivity index (χ3n) is 3.46. The Hall–Kier alpha value is -2.94. The summed E-state index contributed by atoms with van der Waals surface area (Å²) < 4.78 is 7.24. The zero-order chi connectivity index (χ0) is 17.3. The smallest absolute Gasteiger partial charge is 0.341 e. The minimum absolute atomic E-state index is 0.0101. The van der Waals surface area contributed by atoms with Crippen LogP contribution in [0.4, 0.5) is 11.9 Å². The maximum atomic E-state index is 12.6. The molecule has 4 N–H and O–H groups in total. The first-order chi connectivity index (χ1) is 11.5. The number of nitrogens with zero attached hydrogens (tertiary/aromatic N) is 4. The number of carbonyl (C=O) groups excluding carboxylic acids is 1. The lowest BCUT2D eigenvalue weighted by atomic mass is 10.1. The van der Waals surface area contributed by atoms with Crippen LogP contribution < -0.4 is 11.5 Å². The van der Waals surface area contributed by atoms with Gasteiger partial charge in [-0.2, -0.15) is 15.0 Å². The molecule has 0 aliphatic carbocycles. The molecule has 124 valence electrons. The van der Waals surface area contributed by atoms with Crippen LogP contribution in [-0.2, 0) is 11.3 Å².